The molecule has 1 rings (SSSR count). The van der Waals surface area contributed by atoms with E-state index in [1.54, 1.807) is 0 Å². The monoisotopic (exact) mass is 280 g/mol. The van der Waals surface area contributed by atoms with E-state index in [1.165, 1.54) is 6.20 Å². The number of hydrogen-bond donors (Lipinski definition) is 1. The van der Waals surface area contributed by atoms with Crippen molar-refractivity contribution in [2.75, 3.05) is 13.1 Å². The van der Waals surface area contributed by atoms with Gasteiger partial charge in [0.25, 0.3) is 0 Å². The third-order valence-corrected chi connectivity index (χ3v) is 4.18. The maximum absolute atomic E-state index is 12.5. The highest BCUT2D eigenvalue weighted by Gasteiger charge is 2.36. The molecule has 0 bridgehead atoms. The average molecular weight is 280 g/mol. The lowest BCUT2D eigenvalue weighted by atomic mass is 9.88. The lowest BCUT2D eigenvalue weighted by molar-refractivity contribution is -0.137. The lowest BCUT2D eigenvalue weighted by Crippen LogP contribution is -2.25. The Morgan fingerprint density at radius 2 is 1.94 bits per heavy atom. The number of hydrogen-bond acceptors (Lipinski definition) is 3. The minimum absolute atomic E-state index is 0.276. The van der Waals surface area contributed by atoms with Crippen LogP contribution in [0.2, 0.25) is 0 Å². The number of rotatable bonds is 6. The molecule has 0 amide bonds. The van der Waals surface area contributed by atoms with Gasteiger partial charge in [0, 0.05) is 16.5 Å². The van der Waals surface area contributed by atoms with Crippen LogP contribution in [-0.4, -0.2) is 18.1 Å². The zero-order valence-electron chi connectivity index (χ0n) is 10.9. The van der Waals surface area contributed by atoms with Crippen molar-refractivity contribution in [3.63, 3.8) is 0 Å². The second-order valence-electron chi connectivity index (χ2n) is 4.91. The molecule has 0 radical (unpaired) electrons. The summed E-state index contributed by atoms with van der Waals surface area (Å²) >= 11 is 0.747. The van der Waals surface area contributed by atoms with Crippen LogP contribution in [0.15, 0.2) is 6.20 Å². The van der Waals surface area contributed by atoms with Crippen LogP contribution >= 0.6 is 11.3 Å². The maximum Gasteiger partial charge on any atom is 0.443 e. The van der Waals surface area contributed by atoms with Gasteiger partial charge >= 0.3 is 6.18 Å². The van der Waals surface area contributed by atoms with Gasteiger partial charge in [0.15, 0.2) is 5.01 Å². The van der Waals surface area contributed by atoms with E-state index in [4.69, 9.17) is 0 Å². The summed E-state index contributed by atoms with van der Waals surface area (Å²) in [7, 11) is 0. The number of nitrogens with zero attached hydrogens (tertiary/aromatic N) is 1. The summed E-state index contributed by atoms with van der Waals surface area (Å²) in [6, 6.07) is 0. The summed E-state index contributed by atoms with van der Waals surface area (Å²) in [4.78, 5) is 4.16. The molecule has 0 aliphatic rings. The quantitative estimate of drug-likeness (QED) is 0.801. The molecule has 1 N–H and O–H groups in total. The molecule has 0 spiro atoms. The molecule has 0 saturated heterocycles. The minimum Gasteiger partial charge on any atom is -0.317 e. The second-order valence-corrected chi connectivity index (χ2v) is 5.94. The molecule has 104 valence electrons. The van der Waals surface area contributed by atoms with E-state index < -0.39 is 11.2 Å². The Hall–Kier alpha value is -0.620. The Morgan fingerprint density at radius 3 is 2.44 bits per heavy atom. The third kappa shape index (κ3) is 4.24. The fourth-order valence-electron chi connectivity index (χ4n) is 1.54. The molecule has 0 aromatic carbocycles. The van der Waals surface area contributed by atoms with Crippen molar-refractivity contribution in [3.8, 4) is 0 Å². The van der Waals surface area contributed by atoms with Gasteiger partial charge in [-0.2, -0.15) is 13.2 Å². The van der Waals surface area contributed by atoms with Gasteiger partial charge in [-0.3, -0.25) is 0 Å². The van der Waals surface area contributed by atoms with Gasteiger partial charge in [-0.1, -0.05) is 20.8 Å². The molecule has 2 nitrogen and oxygen atoms in total. The first kappa shape index (κ1) is 15.4. The summed E-state index contributed by atoms with van der Waals surface area (Å²) in [5.41, 5.74) is -0.276. The van der Waals surface area contributed by atoms with Crippen molar-refractivity contribution in [2.45, 2.75) is 45.2 Å². The van der Waals surface area contributed by atoms with Crippen LogP contribution in [0.3, 0.4) is 0 Å². The summed E-state index contributed by atoms with van der Waals surface area (Å²) in [5, 5.41) is 2.50. The van der Waals surface area contributed by atoms with Crippen molar-refractivity contribution in [2.24, 2.45) is 0 Å². The zero-order valence-corrected chi connectivity index (χ0v) is 11.7. The van der Waals surface area contributed by atoms with Gasteiger partial charge in [-0.05, 0) is 25.9 Å². The molecule has 1 aromatic rings. The molecule has 0 aliphatic heterocycles. The Labute approximate surface area is 110 Å². The predicted octanol–water partition coefficient (Wildman–Crippen LogP) is 3.83. The smallest absolute Gasteiger partial charge is 0.317 e. The minimum atomic E-state index is -4.33. The Morgan fingerprint density at radius 1 is 1.28 bits per heavy atom. The number of aromatic nitrogens is 1. The Bertz CT molecular complexity index is 372. The summed E-state index contributed by atoms with van der Waals surface area (Å²) in [6.45, 7) is 7.73. The van der Waals surface area contributed by atoms with E-state index in [1.807, 2.05) is 13.8 Å². The van der Waals surface area contributed by atoms with E-state index in [0.29, 0.717) is 4.88 Å². The standard InChI is InChI=1S/C12H19F3N2S/c1-4-6-16-7-5-11(2,3)9-8-17-10(18-9)12(13,14)15/h8,16H,4-7H2,1-3H3. The van der Waals surface area contributed by atoms with E-state index in [2.05, 4.69) is 17.2 Å². The molecule has 18 heavy (non-hydrogen) atoms. The van der Waals surface area contributed by atoms with Crippen LogP contribution in [0.25, 0.3) is 0 Å². The Kier molecular flexibility index (Phi) is 5.16. The molecule has 0 atom stereocenters. The van der Waals surface area contributed by atoms with Crippen molar-refractivity contribution < 1.29 is 13.2 Å². The number of nitrogens with one attached hydrogen (secondary N) is 1. The third-order valence-electron chi connectivity index (χ3n) is 2.77. The molecule has 1 aromatic heterocycles. The van der Waals surface area contributed by atoms with E-state index in [0.717, 1.165) is 37.3 Å². The van der Waals surface area contributed by atoms with Crippen LogP contribution in [-0.2, 0) is 11.6 Å². The first-order valence-electron chi connectivity index (χ1n) is 6.01. The van der Waals surface area contributed by atoms with Crippen molar-refractivity contribution >= 4 is 11.3 Å². The Balaban J connectivity index is 2.64. The maximum atomic E-state index is 12.5. The van der Waals surface area contributed by atoms with Gasteiger partial charge < -0.3 is 5.32 Å². The molecule has 1 heterocycles. The first-order valence-corrected chi connectivity index (χ1v) is 6.83. The van der Waals surface area contributed by atoms with Gasteiger partial charge in [0.05, 0.1) is 0 Å². The summed E-state index contributed by atoms with van der Waals surface area (Å²) < 4.78 is 37.4. The van der Waals surface area contributed by atoms with Crippen LogP contribution in [0, 0.1) is 0 Å². The van der Waals surface area contributed by atoms with Gasteiger partial charge in [-0.25, -0.2) is 4.98 Å². The highest BCUT2D eigenvalue weighted by molar-refractivity contribution is 7.11. The van der Waals surface area contributed by atoms with Crippen LogP contribution < -0.4 is 5.32 Å². The largest absolute Gasteiger partial charge is 0.443 e. The predicted molar refractivity (Wildman–Crippen MR) is 67.9 cm³/mol. The molecule has 0 unspecified atom stereocenters. The molecule has 6 heteroatoms. The van der Waals surface area contributed by atoms with Crippen LogP contribution in [0.4, 0.5) is 13.2 Å². The van der Waals surface area contributed by atoms with Crippen molar-refractivity contribution in [3.05, 3.63) is 16.1 Å². The fourth-order valence-corrected chi connectivity index (χ4v) is 2.46. The number of alkyl halides is 3. The van der Waals surface area contributed by atoms with Gasteiger partial charge in [0.1, 0.15) is 0 Å². The fraction of sp³-hybridized carbons (Fsp3) is 0.750. The molecule has 0 saturated carbocycles. The topological polar surface area (TPSA) is 24.9 Å². The van der Waals surface area contributed by atoms with Crippen molar-refractivity contribution in [1.29, 1.82) is 0 Å². The van der Waals surface area contributed by atoms with E-state index in [9.17, 15) is 13.2 Å². The number of thiazole rings is 1. The molecular formula is C12H19F3N2S. The molecular weight excluding hydrogens is 261 g/mol. The summed E-state index contributed by atoms with van der Waals surface area (Å²) in [6.07, 6.45) is -1.13. The second kappa shape index (κ2) is 6.02. The summed E-state index contributed by atoms with van der Waals surface area (Å²) in [5.74, 6) is 0. The van der Waals surface area contributed by atoms with Crippen LogP contribution in [0.5, 0.6) is 0 Å². The molecule has 0 aliphatic carbocycles. The van der Waals surface area contributed by atoms with E-state index >= 15 is 0 Å². The SMILES string of the molecule is CCCNCCC(C)(C)c1cnc(C(F)(F)F)s1. The highest BCUT2D eigenvalue weighted by atomic mass is 32.1. The van der Waals surface area contributed by atoms with Gasteiger partial charge in [0.2, 0.25) is 0 Å². The normalized spacial score (nSPS) is 13.0. The molecule has 0 fully saturated rings. The average Bonchev–Trinajstić information content (AvgIpc) is 2.73. The zero-order chi connectivity index (χ0) is 13.8. The van der Waals surface area contributed by atoms with Crippen molar-refractivity contribution in [1.82, 2.24) is 10.3 Å². The van der Waals surface area contributed by atoms with E-state index in [-0.39, 0.29) is 5.41 Å². The van der Waals surface area contributed by atoms with Gasteiger partial charge in [-0.15, -0.1) is 11.3 Å². The number of halogens is 3. The van der Waals surface area contributed by atoms with Crippen LogP contribution in [0.1, 0.15) is 43.5 Å². The lowest BCUT2D eigenvalue weighted by Gasteiger charge is -2.22. The first-order chi connectivity index (χ1) is 8.27. The highest BCUT2D eigenvalue weighted by Crippen LogP contribution is 2.37.